The van der Waals surface area contributed by atoms with Crippen LogP contribution >= 0.6 is 11.6 Å². The van der Waals surface area contributed by atoms with Crippen LogP contribution in [0.1, 0.15) is 30.6 Å². The van der Waals surface area contributed by atoms with Crippen molar-refractivity contribution in [3.05, 3.63) is 28.8 Å². The highest BCUT2D eigenvalue weighted by Gasteiger charge is 2.20. The number of benzene rings is 1. The highest BCUT2D eigenvalue weighted by molar-refractivity contribution is 6.34. The van der Waals surface area contributed by atoms with E-state index in [1.165, 1.54) is 6.92 Å². The predicted molar refractivity (Wildman–Crippen MR) is 80.5 cm³/mol. The zero-order valence-electron chi connectivity index (χ0n) is 11.9. The van der Waals surface area contributed by atoms with Crippen molar-refractivity contribution in [1.82, 2.24) is 4.90 Å². The molecule has 1 aromatic carbocycles. The fourth-order valence-corrected chi connectivity index (χ4v) is 2.73. The third kappa shape index (κ3) is 3.12. The van der Waals surface area contributed by atoms with Crippen molar-refractivity contribution < 1.29 is 9.59 Å². The van der Waals surface area contributed by atoms with Crippen molar-refractivity contribution in [2.45, 2.75) is 20.3 Å². The first-order valence-electron chi connectivity index (χ1n) is 6.86. The van der Waals surface area contributed by atoms with Gasteiger partial charge in [-0.25, -0.2) is 0 Å². The highest BCUT2D eigenvalue weighted by Crippen LogP contribution is 2.25. The summed E-state index contributed by atoms with van der Waals surface area (Å²) in [6.07, 6.45) is 0.555. The van der Waals surface area contributed by atoms with Gasteiger partial charge in [-0.2, -0.15) is 0 Å². The maximum absolute atomic E-state index is 11.6. The second-order valence-corrected chi connectivity index (χ2v) is 5.35. The number of anilines is 1. The average molecular weight is 295 g/mol. The SMILES string of the molecule is CCC(=O)N1CCN(c2ccc(C(C)=O)c(Cl)c2)CC1. The molecule has 1 saturated heterocycles. The molecule has 1 aliphatic heterocycles. The summed E-state index contributed by atoms with van der Waals surface area (Å²) in [5, 5.41) is 0.488. The number of hydrogen-bond acceptors (Lipinski definition) is 3. The Labute approximate surface area is 124 Å². The number of halogens is 1. The molecule has 0 spiro atoms. The van der Waals surface area contributed by atoms with Crippen LogP contribution in [-0.4, -0.2) is 42.8 Å². The summed E-state index contributed by atoms with van der Waals surface area (Å²) in [4.78, 5) is 27.1. The number of carbonyl (C=O) groups excluding carboxylic acids is 2. The van der Waals surface area contributed by atoms with Gasteiger partial charge < -0.3 is 9.80 Å². The van der Waals surface area contributed by atoms with Gasteiger partial charge >= 0.3 is 0 Å². The van der Waals surface area contributed by atoms with Crippen LogP contribution in [-0.2, 0) is 4.79 Å². The van der Waals surface area contributed by atoms with Gasteiger partial charge in [0.1, 0.15) is 0 Å². The Bertz CT molecular complexity index is 523. The van der Waals surface area contributed by atoms with Crippen molar-refractivity contribution in [3.8, 4) is 0 Å². The monoisotopic (exact) mass is 294 g/mol. The first-order valence-corrected chi connectivity index (χ1v) is 7.24. The van der Waals surface area contributed by atoms with Gasteiger partial charge in [0.2, 0.25) is 5.91 Å². The van der Waals surface area contributed by atoms with Crippen LogP contribution in [0.4, 0.5) is 5.69 Å². The Morgan fingerprint density at radius 3 is 2.35 bits per heavy atom. The molecule has 20 heavy (non-hydrogen) atoms. The fourth-order valence-electron chi connectivity index (χ4n) is 2.42. The molecule has 0 radical (unpaired) electrons. The summed E-state index contributed by atoms with van der Waals surface area (Å²) in [5.74, 6) is 0.175. The van der Waals surface area contributed by atoms with E-state index in [-0.39, 0.29) is 11.7 Å². The molecule has 2 rings (SSSR count). The number of piperazine rings is 1. The largest absolute Gasteiger partial charge is 0.368 e. The molecule has 0 aliphatic carbocycles. The van der Waals surface area contributed by atoms with Gasteiger partial charge in [-0.1, -0.05) is 18.5 Å². The summed E-state index contributed by atoms with van der Waals surface area (Å²) in [7, 11) is 0. The molecule has 0 N–H and O–H groups in total. The minimum absolute atomic E-state index is 0.0279. The summed E-state index contributed by atoms with van der Waals surface area (Å²) < 4.78 is 0. The van der Waals surface area contributed by atoms with E-state index in [0.29, 0.717) is 17.0 Å². The first kappa shape index (κ1) is 14.9. The van der Waals surface area contributed by atoms with Gasteiger partial charge in [0.25, 0.3) is 0 Å². The molecule has 1 aliphatic rings. The predicted octanol–water partition coefficient (Wildman–Crippen LogP) is 2.60. The smallest absolute Gasteiger partial charge is 0.222 e. The Morgan fingerprint density at radius 1 is 1.20 bits per heavy atom. The number of nitrogens with zero attached hydrogens (tertiary/aromatic N) is 2. The van der Waals surface area contributed by atoms with E-state index in [1.807, 2.05) is 24.0 Å². The Kier molecular flexibility index (Phi) is 4.65. The number of carbonyl (C=O) groups is 2. The van der Waals surface area contributed by atoms with E-state index in [0.717, 1.165) is 31.9 Å². The lowest BCUT2D eigenvalue weighted by atomic mass is 10.1. The quantitative estimate of drug-likeness (QED) is 0.805. The van der Waals surface area contributed by atoms with Crippen molar-refractivity contribution in [2.75, 3.05) is 31.1 Å². The van der Waals surface area contributed by atoms with E-state index in [1.54, 1.807) is 6.07 Å². The average Bonchev–Trinajstić information content (AvgIpc) is 2.46. The van der Waals surface area contributed by atoms with Crippen molar-refractivity contribution in [3.63, 3.8) is 0 Å². The van der Waals surface area contributed by atoms with Crippen LogP contribution in [0.15, 0.2) is 18.2 Å². The lowest BCUT2D eigenvalue weighted by molar-refractivity contribution is -0.131. The van der Waals surface area contributed by atoms with Crippen molar-refractivity contribution >= 4 is 29.0 Å². The lowest BCUT2D eigenvalue weighted by Crippen LogP contribution is -2.48. The van der Waals surface area contributed by atoms with E-state index in [9.17, 15) is 9.59 Å². The third-order valence-corrected chi connectivity index (χ3v) is 3.94. The van der Waals surface area contributed by atoms with Gasteiger partial charge in [0, 0.05) is 43.9 Å². The molecule has 1 fully saturated rings. The van der Waals surface area contributed by atoms with Crippen molar-refractivity contribution in [1.29, 1.82) is 0 Å². The lowest BCUT2D eigenvalue weighted by Gasteiger charge is -2.36. The first-order chi connectivity index (χ1) is 9.52. The fraction of sp³-hybridized carbons (Fsp3) is 0.467. The summed E-state index contributed by atoms with van der Waals surface area (Å²) in [6.45, 7) is 6.45. The standard InChI is InChI=1S/C15H19ClN2O2/c1-3-15(20)18-8-6-17(7-9-18)12-4-5-13(11(2)19)14(16)10-12/h4-5,10H,3,6-9H2,1-2H3. The number of ketones is 1. The van der Waals surface area contributed by atoms with Gasteiger partial charge in [0.05, 0.1) is 5.02 Å². The second kappa shape index (κ2) is 6.27. The Morgan fingerprint density at radius 2 is 1.85 bits per heavy atom. The van der Waals surface area contributed by atoms with Crippen molar-refractivity contribution in [2.24, 2.45) is 0 Å². The van der Waals surface area contributed by atoms with Crippen LogP contribution < -0.4 is 4.90 Å². The number of rotatable bonds is 3. The van der Waals surface area contributed by atoms with Crippen LogP contribution in [0, 0.1) is 0 Å². The number of hydrogen-bond donors (Lipinski definition) is 0. The molecule has 1 aromatic rings. The molecule has 1 amide bonds. The van der Waals surface area contributed by atoms with E-state index in [4.69, 9.17) is 11.6 Å². The molecule has 0 saturated carbocycles. The topological polar surface area (TPSA) is 40.6 Å². The van der Waals surface area contributed by atoms with Crippen LogP contribution in [0.3, 0.4) is 0 Å². The molecule has 0 atom stereocenters. The number of amides is 1. The van der Waals surface area contributed by atoms with Gasteiger partial charge in [-0.15, -0.1) is 0 Å². The maximum atomic E-state index is 11.6. The van der Waals surface area contributed by atoms with Crippen LogP contribution in [0.5, 0.6) is 0 Å². The Hall–Kier alpha value is -1.55. The van der Waals surface area contributed by atoms with Gasteiger partial charge in [-0.05, 0) is 25.1 Å². The molecule has 0 unspecified atom stereocenters. The maximum Gasteiger partial charge on any atom is 0.222 e. The van der Waals surface area contributed by atoms with Crippen LogP contribution in [0.2, 0.25) is 5.02 Å². The molecular formula is C15H19ClN2O2. The zero-order valence-corrected chi connectivity index (χ0v) is 12.6. The molecule has 4 nitrogen and oxygen atoms in total. The Balaban J connectivity index is 2.06. The molecule has 5 heteroatoms. The molecule has 0 aromatic heterocycles. The molecule has 0 bridgehead atoms. The summed E-state index contributed by atoms with van der Waals surface area (Å²) >= 11 is 6.13. The van der Waals surface area contributed by atoms with Gasteiger partial charge in [-0.3, -0.25) is 9.59 Å². The van der Waals surface area contributed by atoms with Gasteiger partial charge in [0.15, 0.2) is 5.78 Å². The normalized spacial score (nSPS) is 15.3. The minimum atomic E-state index is -0.0279. The summed E-state index contributed by atoms with van der Waals surface area (Å²) in [5.41, 5.74) is 1.55. The molecule has 1 heterocycles. The highest BCUT2D eigenvalue weighted by atomic mass is 35.5. The number of Topliss-reactive ketones (excluding diaryl/α,β-unsaturated/α-hetero) is 1. The zero-order chi connectivity index (χ0) is 14.7. The molecule has 108 valence electrons. The minimum Gasteiger partial charge on any atom is -0.368 e. The van der Waals surface area contributed by atoms with E-state index in [2.05, 4.69) is 4.90 Å². The van der Waals surface area contributed by atoms with E-state index < -0.39 is 0 Å². The van der Waals surface area contributed by atoms with E-state index >= 15 is 0 Å². The molecular weight excluding hydrogens is 276 g/mol. The summed E-state index contributed by atoms with van der Waals surface area (Å²) in [6, 6.07) is 5.51. The second-order valence-electron chi connectivity index (χ2n) is 4.94. The third-order valence-electron chi connectivity index (χ3n) is 3.63. The van der Waals surface area contributed by atoms with Crippen LogP contribution in [0.25, 0.3) is 0 Å².